The highest BCUT2D eigenvalue weighted by Crippen LogP contribution is 2.26. The largest absolute Gasteiger partial charge is 0.218 e. The molecule has 3 heteroatoms. The zero-order valence-corrected chi connectivity index (χ0v) is 17.4. The molecule has 148 valence electrons. The van der Waals surface area contributed by atoms with Gasteiger partial charge in [-0.15, -0.1) is 0 Å². The lowest BCUT2D eigenvalue weighted by molar-refractivity contribution is 0.595. The van der Waals surface area contributed by atoms with Crippen LogP contribution >= 0.6 is 0 Å². The number of hydrogen-bond donors (Lipinski definition) is 0. The molecule has 0 saturated carbocycles. The standard InChI is InChI=1S/C28H18O2S/c29-31(30,27-17-9-7-15-25(27)21-19-23-11-3-1-4-12-23)28-18-10-8-16-26(28)22-20-24-13-5-2-6-14-24/h1-18H. The van der Waals surface area contributed by atoms with E-state index in [-0.39, 0.29) is 9.79 Å². The molecule has 0 spiro atoms. The molecule has 0 unspecified atom stereocenters. The molecule has 0 aromatic heterocycles. The monoisotopic (exact) mass is 418 g/mol. The quantitative estimate of drug-likeness (QED) is 0.413. The van der Waals surface area contributed by atoms with Crippen molar-refractivity contribution < 1.29 is 8.42 Å². The molecule has 0 N–H and O–H groups in total. The molecule has 0 atom stereocenters. The second-order valence-corrected chi connectivity index (χ2v) is 8.61. The molecule has 0 bridgehead atoms. The Morgan fingerprint density at radius 1 is 0.419 bits per heavy atom. The van der Waals surface area contributed by atoms with Crippen LogP contribution in [0.2, 0.25) is 0 Å². The molecule has 0 aliphatic heterocycles. The topological polar surface area (TPSA) is 34.1 Å². The molecule has 2 nitrogen and oxygen atoms in total. The molecule has 0 aliphatic carbocycles. The maximum absolute atomic E-state index is 13.6. The van der Waals surface area contributed by atoms with E-state index in [2.05, 4.69) is 23.7 Å². The summed E-state index contributed by atoms with van der Waals surface area (Å²) in [6.07, 6.45) is 0. The van der Waals surface area contributed by atoms with Gasteiger partial charge in [-0.25, -0.2) is 8.42 Å². The highest BCUT2D eigenvalue weighted by atomic mass is 32.2. The fraction of sp³-hybridized carbons (Fsp3) is 0. The maximum Gasteiger partial charge on any atom is 0.209 e. The second kappa shape index (κ2) is 9.18. The van der Waals surface area contributed by atoms with E-state index in [9.17, 15) is 8.42 Å². The van der Waals surface area contributed by atoms with Crippen LogP contribution in [0.3, 0.4) is 0 Å². The lowest BCUT2D eigenvalue weighted by Crippen LogP contribution is -2.06. The summed E-state index contributed by atoms with van der Waals surface area (Å²) in [6, 6.07) is 32.6. The van der Waals surface area contributed by atoms with Crippen LogP contribution in [0, 0.1) is 23.7 Å². The first kappa shape index (κ1) is 20.2. The van der Waals surface area contributed by atoms with E-state index >= 15 is 0 Å². The lowest BCUT2D eigenvalue weighted by Gasteiger charge is -2.09. The third-order valence-electron chi connectivity index (χ3n) is 4.58. The molecule has 4 aromatic rings. The first-order chi connectivity index (χ1) is 15.1. The fourth-order valence-corrected chi connectivity index (χ4v) is 4.62. The van der Waals surface area contributed by atoms with Gasteiger partial charge in [-0.1, -0.05) is 84.3 Å². The maximum atomic E-state index is 13.6. The highest BCUT2D eigenvalue weighted by Gasteiger charge is 2.23. The summed E-state index contributed by atoms with van der Waals surface area (Å²) >= 11 is 0. The smallest absolute Gasteiger partial charge is 0.209 e. The molecular formula is C28H18O2S. The van der Waals surface area contributed by atoms with Crippen molar-refractivity contribution in [2.75, 3.05) is 0 Å². The van der Waals surface area contributed by atoms with Crippen molar-refractivity contribution in [2.24, 2.45) is 0 Å². The van der Waals surface area contributed by atoms with Crippen LogP contribution in [-0.4, -0.2) is 8.42 Å². The number of rotatable bonds is 2. The molecule has 0 radical (unpaired) electrons. The van der Waals surface area contributed by atoms with E-state index in [1.165, 1.54) is 0 Å². The predicted octanol–water partition coefficient (Wildman–Crippen LogP) is 5.32. The molecule has 0 amide bonds. The second-order valence-electron chi connectivity index (χ2n) is 6.73. The van der Waals surface area contributed by atoms with Crippen LogP contribution in [0.25, 0.3) is 0 Å². The molecule has 4 aromatic carbocycles. The average molecular weight is 419 g/mol. The van der Waals surface area contributed by atoms with E-state index < -0.39 is 9.84 Å². The van der Waals surface area contributed by atoms with Crippen molar-refractivity contribution in [1.82, 2.24) is 0 Å². The van der Waals surface area contributed by atoms with Gasteiger partial charge in [0.2, 0.25) is 9.84 Å². The Morgan fingerprint density at radius 2 is 0.774 bits per heavy atom. The van der Waals surface area contributed by atoms with Crippen molar-refractivity contribution in [3.8, 4) is 23.7 Å². The summed E-state index contributed by atoms with van der Waals surface area (Å²) < 4.78 is 27.1. The zero-order valence-electron chi connectivity index (χ0n) is 16.6. The van der Waals surface area contributed by atoms with Crippen molar-refractivity contribution in [2.45, 2.75) is 9.79 Å². The van der Waals surface area contributed by atoms with E-state index in [0.717, 1.165) is 11.1 Å². The summed E-state index contributed by atoms with van der Waals surface area (Å²) in [6.45, 7) is 0. The first-order valence-electron chi connectivity index (χ1n) is 9.72. The van der Waals surface area contributed by atoms with Gasteiger partial charge in [0.15, 0.2) is 0 Å². The minimum atomic E-state index is -3.81. The molecule has 0 saturated heterocycles. The molecule has 0 fully saturated rings. The van der Waals surface area contributed by atoms with Gasteiger partial charge < -0.3 is 0 Å². The van der Waals surface area contributed by atoms with Crippen molar-refractivity contribution >= 4 is 9.84 Å². The van der Waals surface area contributed by atoms with E-state index in [1.54, 1.807) is 48.5 Å². The first-order valence-corrected chi connectivity index (χ1v) is 11.2. The lowest BCUT2D eigenvalue weighted by atomic mass is 10.2. The van der Waals surface area contributed by atoms with E-state index in [1.807, 2.05) is 60.7 Å². The van der Waals surface area contributed by atoms with E-state index in [4.69, 9.17) is 0 Å². The Kier molecular flexibility index (Phi) is 5.99. The summed E-state index contributed by atoms with van der Waals surface area (Å²) in [4.78, 5) is 0.347. The third-order valence-corrected chi connectivity index (χ3v) is 6.45. The molecule has 4 rings (SSSR count). The van der Waals surface area contributed by atoms with E-state index in [0.29, 0.717) is 11.1 Å². The van der Waals surface area contributed by atoms with Crippen LogP contribution in [0.5, 0.6) is 0 Å². The molecular weight excluding hydrogens is 400 g/mol. The number of sulfone groups is 1. The predicted molar refractivity (Wildman–Crippen MR) is 123 cm³/mol. The van der Waals surface area contributed by atoms with Crippen LogP contribution in [-0.2, 0) is 9.84 Å². The third kappa shape index (κ3) is 4.75. The Labute approximate surface area is 183 Å². The van der Waals surface area contributed by atoms with Crippen molar-refractivity contribution in [3.05, 3.63) is 131 Å². The zero-order chi connectivity index (χ0) is 21.5. The van der Waals surface area contributed by atoms with Gasteiger partial charge in [0.1, 0.15) is 0 Å². The van der Waals surface area contributed by atoms with Gasteiger partial charge in [-0.05, 0) is 48.5 Å². The van der Waals surface area contributed by atoms with Gasteiger partial charge in [0, 0.05) is 22.3 Å². The van der Waals surface area contributed by atoms with Gasteiger partial charge >= 0.3 is 0 Å². The summed E-state index contributed by atoms with van der Waals surface area (Å²) in [7, 11) is -3.81. The molecule has 0 heterocycles. The summed E-state index contributed by atoms with van der Waals surface area (Å²) in [5.74, 6) is 12.1. The minimum Gasteiger partial charge on any atom is -0.218 e. The van der Waals surface area contributed by atoms with Crippen molar-refractivity contribution in [1.29, 1.82) is 0 Å². The van der Waals surface area contributed by atoms with Crippen LogP contribution in [0.15, 0.2) is 119 Å². The van der Waals surface area contributed by atoms with Gasteiger partial charge in [-0.2, -0.15) is 0 Å². The van der Waals surface area contributed by atoms with Gasteiger partial charge in [-0.3, -0.25) is 0 Å². The number of benzene rings is 4. The Hall–Kier alpha value is -4.05. The summed E-state index contributed by atoms with van der Waals surface area (Å²) in [5, 5.41) is 0. The Balaban J connectivity index is 1.78. The van der Waals surface area contributed by atoms with Gasteiger partial charge in [0.25, 0.3) is 0 Å². The SMILES string of the molecule is O=S(=O)(c1ccccc1C#Cc1ccccc1)c1ccccc1C#Cc1ccccc1. The fourth-order valence-electron chi connectivity index (χ4n) is 3.05. The molecule has 0 aliphatic rings. The van der Waals surface area contributed by atoms with Crippen LogP contribution < -0.4 is 0 Å². The van der Waals surface area contributed by atoms with Crippen molar-refractivity contribution in [3.63, 3.8) is 0 Å². The highest BCUT2D eigenvalue weighted by molar-refractivity contribution is 7.91. The normalized spacial score (nSPS) is 10.3. The Bertz CT molecular complexity index is 1320. The molecule has 31 heavy (non-hydrogen) atoms. The van der Waals surface area contributed by atoms with Gasteiger partial charge in [0.05, 0.1) is 9.79 Å². The minimum absolute atomic E-state index is 0.174. The summed E-state index contributed by atoms with van der Waals surface area (Å²) in [5.41, 5.74) is 2.56. The van der Waals surface area contributed by atoms with Crippen LogP contribution in [0.4, 0.5) is 0 Å². The Morgan fingerprint density at radius 3 is 1.19 bits per heavy atom. The van der Waals surface area contributed by atoms with Crippen LogP contribution in [0.1, 0.15) is 22.3 Å². The number of hydrogen-bond acceptors (Lipinski definition) is 2. The average Bonchev–Trinajstić information content (AvgIpc) is 2.83.